The summed E-state index contributed by atoms with van der Waals surface area (Å²) < 4.78 is 5.73. The maximum atomic E-state index is 5.85. The lowest BCUT2D eigenvalue weighted by Crippen LogP contribution is -2.05. The van der Waals surface area contributed by atoms with Crippen LogP contribution in [0.1, 0.15) is 25.2 Å². The average Bonchev–Trinajstić information content (AvgIpc) is 2.47. The first kappa shape index (κ1) is 14.6. The van der Waals surface area contributed by atoms with Crippen LogP contribution in [-0.4, -0.2) is 16.5 Å². The van der Waals surface area contributed by atoms with Gasteiger partial charge in [-0.3, -0.25) is 0 Å². The van der Waals surface area contributed by atoms with E-state index in [4.69, 9.17) is 16.3 Å². The third kappa shape index (κ3) is 4.10. The minimum atomic E-state index is 0.461. The van der Waals surface area contributed by atoms with E-state index in [0.717, 1.165) is 35.2 Å². The first-order valence-corrected chi connectivity index (χ1v) is 7.08. The second kappa shape index (κ2) is 7.10. The molecule has 0 aliphatic carbocycles. The fraction of sp³-hybridized carbons (Fsp3) is 0.333. The Labute approximate surface area is 124 Å². The number of aromatic nitrogens is 2. The summed E-state index contributed by atoms with van der Waals surface area (Å²) in [5.74, 6) is 2.16. The number of halogens is 1. The molecule has 0 amide bonds. The summed E-state index contributed by atoms with van der Waals surface area (Å²) in [6, 6.07) is 9.40. The van der Waals surface area contributed by atoms with E-state index in [1.165, 1.54) is 0 Å². The number of hydrogen-bond donors (Lipinski definition) is 1. The minimum absolute atomic E-state index is 0.461. The predicted octanol–water partition coefficient (Wildman–Crippen LogP) is 3.70. The highest BCUT2D eigenvalue weighted by atomic mass is 35.5. The van der Waals surface area contributed by atoms with Crippen LogP contribution < -0.4 is 10.1 Å². The zero-order valence-electron chi connectivity index (χ0n) is 11.7. The van der Waals surface area contributed by atoms with E-state index in [9.17, 15) is 0 Å². The maximum absolute atomic E-state index is 5.85. The molecule has 0 radical (unpaired) electrons. The molecule has 1 heterocycles. The van der Waals surface area contributed by atoms with Crippen LogP contribution >= 0.6 is 11.6 Å². The van der Waals surface area contributed by atoms with Gasteiger partial charge in [-0.15, -0.1) is 0 Å². The summed E-state index contributed by atoms with van der Waals surface area (Å²) >= 11 is 5.85. The number of nitrogens with one attached hydrogen (secondary N) is 1. The molecule has 106 valence electrons. The van der Waals surface area contributed by atoms with E-state index in [2.05, 4.69) is 15.3 Å². The van der Waals surface area contributed by atoms with Gasteiger partial charge in [-0.2, -0.15) is 4.98 Å². The highest BCUT2D eigenvalue weighted by Crippen LogP contribution is 2.16. The largest absolute Gasteiger partial charge is 0.473 e. The number of anilines is 1. The molecule has 0 unspecified atom stereocenters. The van der Waals surface area contributed by atoms with Gasteiger partial charge in [0.05, 0.1) is 0 Å². The molecule has 5 heteroatoms. The van der Waals surface area contributed by atoms with Crippen molar-refractivity contribution >= 4 is 17.4 Å². The molecule has 0 bridgehead atoms. The molecular weight excluding hydrogens is 274 g/mol. The first-order chi connectivity index (χ1) is 9.71. The van der Waals surface area contributed by atoms with Crippen LogP contribution in [0.15, 0.2) is 30.3 Å². The summed E-state index contributed by atoms with van der Waals surface area (Å²) in [6.45, 7) is 5.33. The third-order valence-corrected chi connectivity index (χ3v) is 2.98. The number of aryl methyl sites for hydroxylation is 1. The van der Waals surface area contributed by atoms with Gasteiger partial charge in [0.25, 0.3) is 0 Å². The molecule has 20 heavy (non-hydrogen) atoms. The molecule has 2 aromatic rings. The molecule has 0 aliphatic heterocycles. The van der Waals surface area contributed by atoms with E-state index in [-0.39, 0.29) is 0 Å². The number of benzene rings is 1. The smallest absolute Gasteiger partial charge is 0.219 e. The highest BCUT2D eigenvalue weighted by molar-refractivity contribution is 6.30. The Hall–Kier alpha value is -1.81. The lowest BCUT2D eigenvalue weighted by atomic mass is 10.2. The average molecular weight is 292 g/mol. The summed E-state index contributed by atoms with van der Waals surface area (Å²) in [4.78, 5) is 8.76. The van der Waals surface area contributed by atoms with Crippen molar-refractivity contribution in [3.63, 3.8) is 0 Å². The van der Waals surface area contributed by atoms with E-state index in [0.29, 0.717) is 12.5 Å². The molecule has 1 aromatic heterocycles. The van der Waals surface area contributed by atoms with Crippen molar-refractivity contribution < 1.29 is 4.74 Å². The van der Waals surface area contributed by atoms with Crippen LogP contribution in [0.5, 0.6) is 5.88 Å². The van der Waals surface area contributed by atoms with Crippen molar-refractivity contribution in [2.75, 3.05) is 11.9 Å². The zero-order valence-corrected chi connectivity index (χ0v) is 12.4. The van der Waals surface area contributed by atoms with Crippen molar-refractivity contribution in [1.29, 1.82) is 0 Å². The molecule has 0 atom stereocenters. The SMILES string of the molecule is CCNc1cc(OCc2ccc(Cl)cc2)nc(CC)n1. The molecule has 1 N–H and O–H groups in total. The molecule has 4 nitrogen and oxygen atoms in total. The van der Waals surface area contributed by atoms with Crippen LogP contribution in [-0.2, 0) is 13.0 Å². The monoisotopic (exact) mass is 291 g/mol. The molecule has 0 aliphatic rings. The van der Waals surface area contributed by atoms with Crippen molar-refractivity contribution in [2.24, 2.45) is 0 Å². The third-order valence-electron chi connectivity index (χ3n) is 2.72. The van der Waals surface area contributed by atoms with Crippen LogP contribution in [0.3, 0.4) is 0 Å². The van der Waals surface area contributed by atoms with E-state index in [1.54, 1.807) is 0 Å². The summed E-state index contributed by atoms with van der Waals surface area (Å²) in [6.07, 6.45) is 0.774. The molecule has 0 saturated heterocycles. The predicted molar refractivity (Wildman–Crippen MR) is 81.4 cm³/mol. The Bertz CT molecular complexity index is 558. The Kier molecular flexibility index (Phi) is 5.18. The van der Waals surface area contributed by atoms with Gasteiger partial charge in [0, 0.05) is 24.1 Å². The first-order valence-electron chi connectivity index (χ1n) is 6.70. The van der Waals surface area contributed by atoms with Gasteiger partial charge >= 0.3 is 0 Å². The summed E-state index contributed by atoms with van der Waals surface area (Å²) in [7, 11) is 0. The van der Waals surface area contributed by atoms with Crippen LogP contribution in [0.2, 0.25) is 5.02 Å². The van der Waals surface area contributed by atoms with E-state index < -0.39 is 0 Å². The molecule has 1 aromatic carbocycles. The maximum Gasteiger partial charge on any atom is 0.219 e. The van der Waals surface area contributed by atoms with Crippen molar-refractivity contribution in [3.8, 4) is 5.88 Å². The normalized spacial score (nSPS) is 10.3. The Morgan fingerprint density at radius 1 is 1.15 bits per heavy atom. The molecule has 0 spiro atoms. The minimum Gasteiger partial charge on any atom is -0.473 e. The fourth-order valence-corrected chi connectivity index (χ4v) is 1.84. The molecular formula is C15H18ClN3O. The molecule has 0 saturated carbocycles. The van der Waals surface area contributed by atoms with Gasteiger partial charge in [0.1, 0.15) is 18.2 Å². The number of rotatable bonds is 6. The second-order valence-electron chi connectivity index (χ2n) is 4.31. The van der Waals surface area contributed by atoms with Crippen molar-refractivity contribution in [2.45, 2.75) is 26.9 Å². The Morgan fingerprint density at radius 2 is 1.90 bits per heavy atom. The van der Waals surface area contributed by atoms with Gasteiger partial charge in [-0.1, -0.05) is 30.7 Å². The quantitative estimate of drug-likeness (QED) is 0.881. The van der Waals surface area contributed by atoms with Crippen molar-refractivity contribution in [3.05, 3.63) is 46.7 Å². The molecule has 0 fully saturated rings. The van der Waals surface area contributed by atoms with Gasteiger partial charge in [-0.25, -0.2) is 4.98 Å². The fourth-order valence-electron chi connectivity index (χ4n) is 1.71. The Morgan fingerprint density at radius 3 is 2.55 bits per heavy atom. The number of hydrogen-bond acceptors (Lipinski definition) is 4. The topological polar surface area (TPSA) is 47.0 Å². The summed E-state index contributed by atoms with van der Waals surface area (Å²) in [5, 5.41) is 3.90. The van der Waals surface area contributed by atoms with E-state index in [1.807, 2.05) is 44.2 Å². The second-order valence-corrected chi connectivity index (χ2v) is 4.74. The standard InChI is InChI=1S/C15H18ClN3O/c1-3-13-18-14(17-4-2)9-15(19-13)20-10-11-5-7-12(16)8-6-11/h5-9H,3-4,10H2,1-2H3,(H,17,18,19). The molecule has 2 rings (SSSR count). The summed E-state index contributed by atoms with van der Waals surface area (Å²) in [5.41, 5.74) is 1.05. The lowest BCUT2D eigenvalue weighted by molar-refractivity contribution is 0.292. The van der Waals surface area contributed by atoms with Crippen LogP contribution in [0.25, 0.3) is 0 Å². The lowest BCUT2D eigenvalue weighted by Gasteiger charge is -2.09. The van der Waals surface area contributed by atoms with Gasteiger partial charge < -0.3 is 10.1 Å². The zero-order chi connectivity index (χ0) is 14.4. The van der Waals surface area contributed by atoms with E-state index >= 15 is 0 Å². The number of ether oxygens (including phenoxy) is 1. The highest BCUT2D eigenvalue weighted by Gasteiger charge is 2.04. The van der Waals surface area contributed by atoms with Crippen LogP contribution in [0, 0.1) is 0 Å². The van der Waals surface area contributed by atoms with Gasteiger partial charge in [0.15, 0.2) is 0 Å². The van der Waals surface area contributed by atoms with Crippen LogP contribution in [0.4, 0.5) is 5.82 Å². The van der Waals surface area contributed by atoms with Crippen molar-refractivity contribution in [1.82, 2.24) is 9.97 Å². The van der Waals surface area contributed by atoms with Gasteiger partial charge in [-0.05, 0) is 24.6 Å². The Balaban J connectivity index is 2.07. The van der Waals surface area contributed by atoms with Gasteiger partial charge in [0.2, 0.25) is 5.88 Å². The number of nitrogens with zero attached hydrogens (tertiary/aromatic N) is 2.